The quantitative estimate of drug-likeness (QED) is 0.573. The number of halogens is 5. The largest absolute Gasteiger partial charge is 0.383 e. The summed E-state index contributed by atoms with van der Waals surface area (Å²) in [5.41, 5.74) is 0. The fourth-order valence-electron chi connectivity index (χ4n) is 1.24. The number of Topliss-reactive ketones (excluding diaryl/α,β-unsaturated/α-hetero) is 1. The number of alkyl halides is 5. The van der Waals surface area contributed by atoms with Crippen LogP contribution in [0.15, 0.2) is 0 Å². The first-order valence-electron chi connectivity index (χ1n) is 5.17. The van der Waals surface area contributed by atoms with Gasteiger partial charge in [-0.25, -0.2) is 8.78 Å². The van der Waals surface area contributed by atoms with Gasteiger partial charge in [-0.15, -0.1) is 0 Å². The molecule has 3 nitrogen and oxygen atoms in total. The molecule has 0 saturated carbocycles. The number of hydrogen-bond donors (Lipinski definition) is 1. The van der Waals surface area contributed by atoms with Gasteiger partial charge in [0.15, 0.2) is 0 Å². The van der Waals surface area contributed by atoms with E-state index in [2.05, 4.69) is 15.9 Å². The Hall–Kier alpha value is -0.660. The minimum absolute atomic E-state index is 0.0109. The van der Waals surface area contributed by atoms with E-state index in [1.807, 2.05) is 0 Å². The predicted octanol–water partition coefficient (Wildman–Crippen LogP) is 2.24. The molecular weight excluding hydrogens is 322 g/mol. The molecule has 0 radical (unpaired) electrons. The van der Waals surface area contributed by atoms with Crippen molar-refractivity contribution < 1.29 is 27.2 Å². The summed E-state index contributed by atoms with van der Waals surface area (Å²) in [4.78, 5) is 22.3. The van der Waals surface area contributed by atoms with Gasteiger partial charge in [0.1, 0.15) is 5.78 Å². The molecule has 18 heavy (non-hydrogen) atoms. The van der Waals surface area contributed by atoms with E-state index in [0.717, 1.165) is 0 Å². The van der Waals surface area contributed by atoms with Crippen molar-refractivity contribution in [2.45, 2.75) is 26.2 Å². The summed E-state index contributed by atoms with van der Waals surface area (Å²) in [5.74, 6) is -7.98. The van der Waals surface area contributed by atoms with Crippen LogP contribution >= 0.6 is 15.9 Å². The number of amides is 1. The van der Waals surface area contributed by atoms with Crippen LogP contribution in [0.25, 0.3) is 0 Å². The molecule has 1 unspecified atom stereocenters. The van der Waals surface area contributed by atoms with Crippen molar-refractivity contribution in [1.82, 2.24) is 5.32 Å². The zero-order chi connectivity index (χ0) is 14.5. The van der Waals surface area contributed by atoms with Gasteiger partial charge in [-0.3, -0.25) is 9.59 Å². The van der Waals surface area contributed by atoms with Crippen molar-refractivity contribution in [3.8, 4) is 0 Å². The molecule has 0 aromatic rings. The lowest BCUT2D eigenvalue weighted by molar-refractivity contribution is -0.169. The number of rotatable bonds is 7. The Kier molecular flexibility index (Phi) is 6.80. The molecule has 1 N–H and O–H groups in total. The normalized spacial score (nSPS) is 13.8. The van der Waals surface area contributed by atoms with E-state index in [9.17, 15) is 27.2 Å². The third-order valence-corrected chi connectivity index (χ3v) is 2.96. The van der Waals surface area contributed by atoms with Crippen molar-refractivity contribution in [2.24, 2.45) is 11.8 Å². The molecule has 0 aromatic heterocycles. The van der Waals surface area contributed by atoms with Gasteiger partial charge in [0.05, 0.1) is 5.33 Å². The minimum Gasteiger partial charge on any atom is -0.350 e. The zero-order valence-electron chi connectivity index (χ0n) is 9.85. The fourth-order valence-corrected chi connectivity index (χ4v) is 1.66. The van der Waals surface area contributed by atoms with Gasteiger partial charge in [0.2, 0.25) is 0 Å². The van der Waals surface area contributed by atoms with Crippen molar-refractivity contribution in [3.63, 3.8) is 0 Å². The highest BCUT2D eigenvalue weighted by Crippen LogP contribution is 2.23. The molecule has 0 aromatic carbocycles. The molecule has 8 heteroatoms. The maximum absolute atomic E-state index is 12.6. The number of hydrogen-bond acceptors (Lipinski definition) is 2. The van der Waals surface area contributed by atoms with E-state index < -0.39 is 24.2 Å². The van der Waals surface area contributed by atoms with Crippen molar-refractivity contribution in [1.29, 1.82) is 0 Å². The summed E-state index contributed by atoms with van der Waals surface area (Å²) >= 11 is 2.92. The van der Waals surface area contributed by atoms with E-state index in [1.165, 1.54) is 0 Å². The third-order valence-electron chi connectivity index (χ3n) is 2.41. The van der Waals surface area contributed by atoms with E-state index in [1.54, 1.807) is 19.2 Å². The molecule has 0 bridgehead atoms. The molecule has 0 aliphatic carbocycles. The maximum Gasteiger partial charge on any atom is 0.383 e. The van der Waals surface area contributed by atoms with Crippen molar-refractivity contribution >= 4 is 27.6 Å². The second kappa shape index (κ2) is 7.06. The number of nitrogens with one attached hydrogen (secondary N) is 1. The molecule has 1 atom stereocenters. The summed E-state index contributed by atoms with van der Waals surface area (Å²) < 4.78 is 49.0. The first kappa shape index (κ1) is 17.3. The van der Waals surface area contributed by atoms with Gasteiger partial charge < -0.3 is 5.32 Å². The average molecular weight is 336 g/mol. The molecule has 0 aliphatic rings. The highest BCUT2D eigenvalue weighted by atomic mass is 79.9. The molecule has 0 fully saturated rings. The smallest absolute Gasteiger partial charge is 0.350 e. The molecule has 0 spiro atoms. The molecule has 1 amide bonds. The molecule has 0 aliphatic heterocycles. The van der Waals surface area contributed by atoms with Crippen LogP contribution in [0.4, 0.5) is 17.6 Å². The highest BCUT2D eigenvalue weighted by molar-refractivity contribution is 9.09. The lowest BCUT2D eigenvalue weighted by Gasteiger charge is -2.21. The van der Waals surface area contributed by atoms with Crippen LogP contribution in [-0.2, 0) is 9.59 Å². The van der Waals surface area contributed by atoms with Gasteiger partial charge in [0, 0.05) is 12.5 Å². The van der Waals surface area contributed by atoms with Crippen LogP contribution in [0.5, 0.6) is 0 Å². The number of carbonyl (C=O) groups is 2. The number of ketones is 1. The lowest BCUT2D eigenvalue weighted by atomic mass is 9.92. The van der Waals surface area contributed by atoms with E-state index in [0.29, 0.717) is 0 Å². The average Bonchev–Trinajstić information content (AvgIpc) is 2.27. The second-order valence-corrected chi connectivity index (χ2v) is 4.64. The Labute approximate surface area is 110 Å². The zero-order valence-corrected chi connectivity index (χ0v) is 11.4. The first-order valence-corrected chi connectivity index (χ1v) is 6.29. The SMILES string of the molecule is CC(C)C(CNC(=O)C(F)(F)C(F)F)C(=O)CBr. The van der Waals surface area contributed by atoms with Crippen LogP contribution in [0.3, 0.4) is 0 Å². The summed E-state index contributed by atoms with van der Waals surface area (Å²) in [6.07, 6.45) is -4.07. The Bertz CT molecular complexity index is 310. The van der Waals surface area contributed by atoms with Crippen LogP contribution in [0, 0.1) is 11.8 Å². The van der Waals surface area contributed by atoms with Gasteiger partial charge in [-0.2, -0.15) is 8.78 Å². The standard InChI is InChI=1S/C10H14BrF4NO2/c1-5(2)6(7(17)3-11)4-16-9(18)10(14,15)8(12)13/h5-6,8H,3-4H2,1-2H3,(H,16,18). The third kappa shape index (κ3) is 4.55. The predicted molar refractivity (Wildman–Crippen MR) is 61.1 cm³/mol. The van der Waals surface area contributed by atoms with Gasteiger partial charge in [0.25, 0.3) is 5.91 Å². The second-order valence-electron chi connectivity index (χ2n) is 4.08. The van der Waals surface area contributed by atoms with Crippen molar-refractivity contribution in [2.75, 3.05) is 11.9 Å². The molecule has 106 valence electrons. The fraction of sp³-hybridized carbons (Fsp3) is 0.800. The lowest BCUT2D eigenvalue weighted by Crippen LogP contribution is -2.48. The van der Waals surface area contributed by atoms with Gasteiger partial charge >= 0.3 is 12.3 Å². The Morgan fingerprint density at radius 2 is 1.78 bits per heavy atom. The summed E-state index contributed by atoms with van der Waals surface area (Å²) in [6, 6.07) is 0. The van der Waals surface area contributed by atoms with Gasteiger partial charge in [-0.1, -0.05) is 29.8 Å². The van der Waals surface area contributed by atoms with Crippen LogP contribution in [-0.4, -0.2) is 35.9 Å². The monoisotopic (exact) mass is 335 g/mol. The van der Waals surface area contributed by atoms with Crippen molar-refractivity contribution in [3.05, 3.63) is 0 Å². The molecular formula is C10H14BrF4NO2. The van der Waals surface area contributed by atoms with Crippen LogP contribution in [0.1, 0.15) is 13.8 Å². The van der Waals surface area contributed by atoms with Crippen LogP contribution in [0.2, 0.25) is 0 Å². The molecule has 0 saturated heterocycles. The Morgan fingerprint density at radius 1 is 1.28 bits per heavy atom. The van der Waals surface area contributed by atoms with Gasteiger partial charge in [-0.05, 0) is 5.92 Å². The number of carbonyl (C=O) groups excluding carboxylic acids is 2. The summed E-state index contributed by atoms with van der Waals surface area (Å²) in [6.45, 7) is 2.95. The first-order chi connectivity index (χ1) is 8.14. The minimum atomic E-state index is -4.74. The van der Waals surface area contributed by atoms with Crippen LogP contribution < -0.4 is 5.32 Å². The maximum atomic E-state index is 12.6. The Morgan fingerprint density at radius 3 is 2.11 bits per heavy atom. The highest BCUT2D eigenvalue weighted by Gasteiger charge is 2.48. The van der Waals surface area contributed by atoms with E-state index in [-0.39, 0.29) is 23.6 Å². The molecule has 0 rings (SSSR count). The topological polar surface area (TPSA) is 46.2 Å². The van der Waals surface area contributed by atoms with E-state index in [4.69, 9.17) is 0 Å². The van der Waals surface area contributed by atoms with E-state index >= 15 is 0 Å². The summed E-state index contributed by atoms with van der Waals surface area (Å²) in [7, 11) is 0. The summed E-state index contributed by atoms with van der Waals surface area (Å²) in [5, 5.41) is 1.70. The molecule has 0 heterocycles. The Balaban J connectivity index is 4.55.